The van der Waals surface area contributed by atoms with Crippen molar-refractivity contribution in [2.45, 2.75) is 19.4 Å². The van der Waals surface area contributed by atoms with Crippen molar-refractivity contribution in [1.82, 2.24) is 0 Å². The molecule has 5 heteroatoms. The molecule has 0 aliphatic rings. The van der Waals surface area contributed by atoms with E-state index in [-0.39, 0.29) is 6.04 Å². The molecule has 1 unspecified atom stereocenters. The lowest BCUT2D eigenvalue weighted by atomic mass is 10.3. The first-order chi connectivity index (χ1) is 9.22. The summed E-state index contributed by atoms with van der Waals surface area (Å²) in [5.74, 6) is 1.88. The largest absolute Gasteiger partial charge is 0.493 e. The molecule has 19 heavy (non-hydrogen) atoms. The number of benzene rings is 1. The van der Waals surface area contributed by atoms with Gasteiger partial charge in [0, 0.05) is 6.04 Å². The Hall–Kier alpha value is -1.46. The molecule has 0 aromatic heterocycles. The van der Waals surface area contributed by atoms with Crippen molar-refractivity contribution >= 4 is 0 Å². The van der Waals surface area contributed by atoms with Crippen molar-refractivity contribution in [3.8, 4) is 17.2 Å². The highest BCUT2D eigenvalue weighted by molar-refractivity contribution is 5.50. The monoisotopic (exact) mass is 269 g/mol. The van der Waals surface area contributed by atoms with E-state index in [9.17, 15) is 0 Å². The van der Waals surface area contributed by atoms with Crippen LogP contribution >= 0.6 is 0 Å². The van der Waals surface area contributed by atoms with Crippen LogP contribution in [0.2, 0.25) is 0 Å². The van der Waals surface area contributed by atoms with Crippen LogP contribution in [-0.2, 0) is 4.74 Å². The molecule has 0 saturated carbocycles. The minimum atomic E-state index is 0.0892. The zero-order chi connectivity index (χ0) is 14.1. The van der Waals surface area contributed by atoms with Gasteiger partial charge in [0.25, 0.3) is 0 Å². The first kappa shape index (κ1) is 15.6. The Morgan fingerprint density at radius 2 is 1.84 bits per heavy atom. The number of nitrogens with two attached hydrogens (primary N) is 1. The van der Waals surface area contributed by atoms with E-state index in [0.717, 1.165) is 6.42 Å². The molecule has 108 valence electrons. The quantitative estimate of drug-likeness (QED) is 0.693. The van der Waals surface area contributed by atoms with Crippen LogP contribution in [0.25, 0.3) is 0 Å². The molecule has 0 aliphatic carbocycles. The number of hydrogen-bond donors (Lipinski definition) is 1. The maximum atomic E-state index is 5.75. The van der Waals surface area contributed by atoms with Crippen LogP contribution < -0.4 is 19.9 Å². The second-order valence-electron chi connectivity index (χ2n) is 4.08. The molecule has 0 amide bonds. The van der Waals surface area contributed by atoms with Gasteiger partial charge in [-0.2, -0.15) is 0 Å². The van der Waals surface area contributed by atoms with E-state index in [4.69, 9.17) is 24.7 Å². The molecule has 5 nitrogen and oxygen atoms in total. The van der Waals surface area contributed by atoms with E-state index in [1.807, 2.05) is 25.1 Å². The summed E-state index contributed by atoms with van der Waals surface area (Å²) in [5.41, 5.74) is 5.75. The van der Waals surface area contributed by atoms with Gasteiger partial charge in [-0.1, -0.05) is 13.0 Å². The Balaban J connectivity index is 2.41. The molecule has 0 heterocycles. The summed E-state index contributed by atoms with van der Waals surface area (Å²) in [5, 5.41) is 0. The van der Waals surface area contributed by atoms with E-state index in [1.165, 1.54) is 0 Å². The van der Waals surface area contributed by atoms with Crippen LogP contribution in [0.5, 0.6) is 17.2 Å². The third kappa shape index (κ3) is 4.96. The molecule has 2 N–H and O–H groups in total. The second-order valence-corrected chi connectivity index (χ2v) is 4.08. The van der Waals surface area contributed by atoms with Gasteiger partial charge in [-0.05, 0) is 18.6 Å². The van der Waals surface area contributed by atoms with Gasteiger partial charge < -0.3 is 24.7 Å². The molecule has 1 aromatic carbocycles. The molecular formula is C14H23NO4. The molecule has 0 radical (unpaired) electrons. The molecular weight excluding hydrogens is 246 g/mol. The lowest BCUT2D eigenvalue weighted by molar-refractivity contribution is 0.0886. The fraction of sp³-hybridized carbons (Fsp3) is 0.571. The fourth-order valence-electron chi connectivity index (χ4n) is 1.53. The number of hydrogen-bond acceptors (Lipinski definition) is 5. The average Bonchev–Trinajstić information content (AvgIpc) is 2.45. The van der Waals surface area contributed by atoms with Gasteiger partial charge >= 0.3 is 0 Å². The molecule has 0 fully saturated rings. The average molecular weight is 269 g/mol. The predicted molar refractivity (Wildman–Crippen MR) is 74.1 cm³/mol. The van der Waals surface area contributed by atoms with Crippen LogP contribution in [0.3, 0.4) is 0 Å². The Morgan fingerprint density at radius 1 is 1.11 bits per heavy atom. The lowest BCUT2D eigenvalue weighted by Gasteiger charge is -2.14. The third-order valence-electron chi connectivity index (χ3n) is 2.71. The maximum Gasteiger partial charge on any atom is 0.203 e. The van der Waals surface area contributed by atoms with Gasteiger partial charge in [0.2, 0.25) is 5.75 Å². The van der Waals surface area contributed by atoms with Crippen LogP contribution in [0.4, 0.5) is 0 Å². The SMILES string of the molecule is CCC(N)COCCOc1cccc(OC)c1OC. The third-order valence-corrected chi connectivity index (χ3v) is 2.71. The number of para-hydroxylation sites is 1. The first-order valence-electron chi connectivity index (χ1n) is 6.40. The highest BCUT2D eigenvalue weighted by Gasteiger charge is 2.10. The smallest absolute Gasteiger partial charge is 0.203 e. The number of methoxy groups -OCH3 is 2. The van der Waals surface area contributed by atoms with Crippen LogP contribution in [0.1, 0.15) is 13.3 Å². The first-order valence-corrected chi connectivity index (χ1v) is 6.40. The van der Waals surface area contributed by atoms with Crippen molar-refractivity contribution in [2.24, 2.45) is 5.73 Å². The van der Waals surface area contributed by atoms with E-state index in [1.54, 1.807) is 14.2 Å². The minimum absolute atomic E-state index is 0.0892. The van der Waals surface area contributed by atoms with E-state index < -0.39 is 0 Å². The molecule has 1 aromatic rings. The van der Waals surface area contributed by atoms with Crippen molar-refractivity contribution in [2.75, 3.05) is 34.0 Å². The van der Waals surface area contributed by atoms with Gasteiger partial charge in [-0.15, -0.1) is 0 Å². The molecule has 0 aliphatic heterocycles. The van der Waals surface area contributed by atoms with Gasteiger partial charge in [0.05, 0.1) is 27.4 Å². The summed E-state index contributed by atoms with van der Waals surface area (Å²) in [6.45, 7) is 3.52. The summed E-state index contributed by atoms with van der Waals surface area (Å²) < 4.78 is 21.5. The van der Waals surface area contributed by atoms with Crippen molar-refractivity contribution in [3.05, 3.63) is 18.2 Å². The van der Waals surface area contributed by atoms with Crippen molar-refractivity contribution in [1.29, 1.82) is 0 Å². The fourth-order valence-corrected chi connectivity index (χ4v) is 1.53. The lowest BCUT2D eigenvalue weighted by Crippen LogP contribution is -2.26. The normalized spacial score (nSPS) is 12.0. The van der Waals surface area contributed by atoms with Crippen LogP contribution in [0.15, 0.2) is 18.2 Å². The topological polar surface area (TPSA) is 62.9 Å². The number of ether oxygens (including phenoxy) is 4. The zero-order valence-corrected chi connectivity index (χ0v) is 11.8. The van der Waals surface area contributed by atoms with Gasteiger partial charge in [-0.3, -0.25) is 0 Å². The summed E-state index contributed by atoms with van der Waals surface area (Å²) in [7, 11) is 3.18. The Bertz CT molecular complexity index is 370. The predicted octanol–water partition coefficient (Wildman–Crippen LogP) is 1.84. The Labute approximate surface area is 114 Å². The van der Waals surface area contributed by atoms with E-state index in [2.05, 4.69) is 0 Å². The van der Waals surface area contributed by atoms with Gasteiger partial charge in [-0.25, -0.2) is 0 Å². The van der Waals surface area contributed by atoms with Gasteiger partial charge in [0.15, 0.2) is 11.5 Å². The summed E-state index contributed by atoms with van der Waals surface area (Å²) in [6.07, 6.45) is 0.907. The zero-order valence-electron chi connectivity index (χ0n) is 11.8. The van der Waals surface area contributed by atoms with Crippen LogP contribution in [0, 0.1) is 0 Å². The molecule has 0 bridgehead atoms. The molecule has 0 saturated heterocycles. The van der Waals surface area contributed by atoms with Crippen molar-refractivity contribution < 1.29 is 18.9 Å². The highest BCUT2D eigenvalue weighted by atomic mass is 16.5. The van der Waals surface area contributed by atoms with Crippen molar-refractivity contribution in [3.63, 3.8) is 0 Å². The summed E-state index contributed by atoms with van der Waals surface area (Å²) in [6, 6.07) is 5.60. The van der Waals surface area contributed by atoms with Crippen LogP contribution in [-0.4, -0.2) is 40.1 Å². The highest BCUT2D eigenvalue weighted by Crippen LogP contribution is 2.36. The van der Waals surface area contributed by atoms with E-state index >= 15 is 0 Å². The maximum absolute atomic E-state index is 5.75. The molecule has 0 spiro atoms. The second kappa shape index (κ2) is 8.61. The summed E-state index contributed by atoms with van der Waals surface area (Å²) in [4.78, 5) is 0. The van der Waals surface area contributed by atoms with E-state index in [0.29, 0.717) is 37.1 Å². The Morgan fingerprint density at radius 3 is 2.47 bits per heavy atom. The molecule has 1 atom stereocenters. The standard InChI is InChI=1S/C14H23NO4/c1-4-11(15)10-18-8-9-19-13-7-5-6-12(16-2)14(13)17-3/h5-7,11H,4,8-10,15H2,1-3H3. The Kier molecular flexibility index (Phi) is 7.07. The number of rotatable bonds is 9. The summed E-state index contributed by atoms with van der Waals surface area (Å²) >= 11 is 0. The molecule has 1 rings (SSSR count). The van der Waals surface area contributed by atoms with Gasteiger partial charge in [0.1, 0.15) is 6.61 Å². The minimum Gasteiger partial charge on any atom is -0.493 e.